The van der Waals surface area contributed by atoms with Gasteiger partial charge in [0.25, 0.3) is 0 Å². The zero-order valence-corrected chi connectivity index (χ0v) is 8.42. The van der Waals surface area contributed by atoms with E-state index in [-0.39, 0.29) is 5.56 Å². The number of nitrogen functional groups attached to an aromatic ring is 1. The Bertz CT molecular complexity index is 385. The highest BCUT2D eigenvalue weighted by Gasteiger charge is 2.18. The van der Waals surface area contributed by atoms with Crippen molar-refractivity contribution >= 4 is 11.7 Å². The number of anilines is 1. The number of nitrogens with two attached hydrogens (primary N) is 1. The van der Waals surface area contributed by atoms with Crippen molar-refractivity contribution in [1.82, 2.24) is 0 Å². The van der Waals surface area contributed by atoms with Crippen molar-refractivity contribution in [2.75, 3.05) is 12.8 Å². The van der Waals surface area contributed by atoms with Gasteiger partial charge in [0.05, 0.1) is 7.11 Å². The molecule has 76 valence electrons. The van der Waals surface area contributed by atoms with Crippen LogP contribution in [-0.2, 0) is 0 Å². The highest BCUT2D eigenvalue weighted by molar-refractivity contribution is 5.95. The predicted octanol–water partition coefficient (Wildman–Crippen LogP) is 1.59. The summed E-state index contributed by atoms with van der Waals surface area (Å²) in [5.41, 5.74) is 7.55. The van der Waals surface area contributed by atoms with Gasteiger partial charge in [-0.2, -0.15) is 0 Å². The van der Waals surface area contributed by atoms with Crippen LogP contribution in [0, 0.1) is 13.8 Å². The number of hydrogen-bond acceptors (Lipinski definition) is 3. The van der Waals surface area contributed by atoms with E-state index in [0.29, 0.717) is 17.0 Å². The molecule has 0 atom stereocenters. The lowest BCUT2D eigenvalue weighted by Gasteiger charge is -2.12. The van der Waals surface area contributed by atoms with E-state index in [1.54, 1.807) is 19.9 Å². The topological polar surface area (TPSA) is 72.5 Å². The molecule has 3 N–H and O–H groups in total. The molecule has 0 heterocycles. The van der Waals surface area contributed by atoms with Crippen LogP contribution in [-0.4, -0.2) is 18.2 Å². The highest BCUT2D eigenvalue weighted by atomic mass is 16.5. The van der Waals surface area contributed by atoms with E-state index in [4.69, 9.17) is 15.6 Å². The van der Waals surface area contributed by atoms with Crippen molar-refractivity contribution < 1.29 is 14.6 Å². The number of rotatable bonds is 2. The van der Waals surface area contributed by atoms with Gasteiger partial charge in [-0.25, -0.2) is 4.79 Å². The molecule has 1 aromatic carbocycles. The average Bonchev–Trinajstić information content (AvgIpc) is 2.10. The Labute approximate surface area is 82.3 Å². The number of ether oxygens (including phenoxy) is 1. The Morgan fingerprint density at radius 2 is 2.07 bits per heavy atom. The maximum atomic E-state index is 11.0. The Kier molecular flexibility index (Phi) is 2.65. The SMILES string of the molecule is COc1c(C)cc(N)c(C)c1C(=O)O. The zero-order valence-electron chi connectivity index (χ0n) is 8.42. The van der Waals surface area contributed by atoms with Gasteiger partial charge in [0.1, 0.15) is 11.3 Å². The molecule has 0 bridgehead atoms. The van der Waals surface area contributed by atoms with Gasteiger partial charge in [-0.1, -0.05) is 0 Å². The van der Waals surface area contributed by atoms with Gasteiger partial charge < -0.3 is 15.6 Å². The summed E-state index contributed by atoms with van der Waals surface area (Å²) in [6.45, 7) is 3.43. The Morgan fingerprint density at radius 1 is 1.50 bits per heavy atom. The molecule has 0 aliphatic rings. The molecule has 4 heteroatoms. The molecule has 1 aromatic rings. The van der Waals surface area contributed by atoms with Crippen molar-refractivity contribution in [1.29, 1.82) is 0 Å². The third-order valence-corrected chi connectivity index (χ3v) is 2.18. The van der Waals surface area contributed by atoms with Gasteiger partial charge in [-0.3, -0.25) is 0 Å². The van der Waals surface area contributed by atoms with Crippen molar-refractivity contribution in [2.45, 2.75) is 13.8 Å². The lowest BCUT2D eigenvalue weighted by molar-refractivity contribution is 0.0692. The van der Waals surface area contributed by atoms with Crippen LogP contribution in [0.4, 0.5) is 5.69 Å². The van der Waals surface area contributed by atoms with Crippen molar-refractivity contribution in [3.8, 4) is 5.75 Å². The van der Waals surface area contributed by atoms with Crippen LogP contribution < -0.4 is 10.5 Å². The molecular weight excluding hydrogens is 182 g/mol. The van der Waals surface area contributed by atoms with Gasteiger partial charge in [-0.05, 0) is 31.0 Å². The minimum Gasteiger partial charge on any atom is -0.496 e. The first kappa shape index (κ1) is 10.4. The number of benzene rings is 1. The van der Waals surface area contributed by atoms with Gasteiger partial charge >= 0.3 is 5.97 Å². The van der Waals surface area contributed by atoms with Gasteiger partial charge in [0, 0.05) is 5.69 Å². The fourth-order valence-electron chi connectivity index (χ4n) is 1.44. The highest BCUT2D eigenvalue weighted by Crippen LogP contribution is 2.30. The molecule has 0 amide bonds. The summed E-state index contributed by atoms with van der Waals surface area (Å²) < 4.78 is 5.04. The van der Waals surface area contributed by atoms with E-state index in [1.165, 1.54) is 7.11 Å². The third kappa shape index (κ3) is 1.51. The maximum absolute atomic E-state index is 11.0. The van der Waals surface area contributed by atoms with E-state index >= 15 is 0 Å². The van der Waals surface area contributed by atoms with Gasteiger partial charge in [0.15, 0.2) is 0 Å². The normalized spacial score (nSPS) is 9.93. The second kappa shape index (κ2) is 3.57. The minimum atomic E-state index is -1.02. The van der Waals surface area contributed by atoms with Crippen LogP contribution in [0.15, 0.2) is 6.07 Å². The maximum Gasteiger partial charge on any atom is 0.339 e. The molecule has 1 rings (SSSR count). The van der Waals surface area contributed by atoms with Crippen LogP contribution in [0.1, 0.15) is 21.5 Å². The Morgan fingerprint density at radius 3 is 2.50 bits per heavy atom. The minimum absolute atomic E-state index is 0.144. The molecule has 0 saturated carbocycles. The Hall–Kier alpha value is -1.71. The van der Waals surface area contributed by atoms with Crippen molar-refractivity contribution in [3.05, 3.63) is 22.8 Å². The van der Waals surface area contributed by atoms with Crippen LogP contribution in [0.25, 0.3) is 0 Å². The monoisotopic (exact) mass is 195 g/mol. The molecule has 0 unspecified atom stereocenters. The first-order valence-electron chi connectivity index (χ1n) is 4.16. The lowest BCUT2D eigenvalue weighted by Crippen LogP contribution is -2.07. The molecule has 0 fully saturated rings. The van der Waals surface area contributed by atoms with Crippen LogP contribution >= 0.6 is 0 Å². The largest absolute Gasteiger partial charge is 0.496 e. The zero-order chi connectivity index (χ0) is 10.9. The van der Waals surface area contributed by atoms with Gasteiger partial charge in [-0.15, -0.1) is 0 Å². The van der Waals surface area contributed by atoms with Gasteiger partial charge in [0.2, 0.25) is 0 Å². The van der Waals surface area contributed by atoms with E-state index in [0.717, 1.165) is 5.56 Å². The van der Waals surface area contributed by atoms with Crippen molar-refractivity contribution in [3.63, 3.8) is 0 Å². The molecule has 0 aromatic heterocycles. The Balaban J connectivity index is 3.56. The second-order valence-electron chi connectivity index (χ2n) is 3.12. The number of carboxylic acid groups (broad SMARTS) is 1. The average molecular weight is 195 g/mol. The first-order chi connectivity index (χ1) is 6.49. The lowest BCUT2D eigenvalue weighted by atomic mass is 10.0. The smallest absolute Gasteiger partial charge is 0.339 e. The number of hydrogen-bond donors (Lipinski definition) is 2. The summed E-state index contributed by atoms with van der Waals surface area (Å²) in [6.07, 6.45) is 0. The summed E-state index contributed by atoms with van der Waals surface area (Å²) >= 11 is 0. The van der Waals surface area contributed by atoms with E-state index in [9.17, 15) is 4.79 Å². The molecular formula is C10H13NO3. The van der Waals surface area contributed by atoms with E-state index < -0.39 is 5.97 Å². The standard InChI is InChI=1S/C10H13NO3/c1-5-4-7(11)6(2)8(10(12)13)9(5)14-3/h4H,11H2,1-3H3,(H,12,13). The fourth-order valence-corrected chi connectivity index (χ4v) is 1.44. The van der Waals surface area contributed by atoms with Crippen LogP contribution in [0.5, 0.6) is 5.75 Å². The number of aromatic carboxylic acids is 1. The molecule has 0 saturated heterocycles. The van der Waals surface area contributed by atoms with E-state index in [2.05, 4.69) is 0 Å². The number of carbonyl (C=O) groups is 1. The second-order valence-corrected chi connectivity index (χ2v) is 3.12. The summed E-state index contributed by atoms with van der Waals surface area (Å²) in [4.78, 5) is 11.0. The molecule has 0 spiro atoms. The molecule has 0 aliphatic carbocycles. The summed E-state index contributed by atoms with van der Waals surface area (Å²) in [5, 5.41) is 8.99. The molecule has 4 nitrogen and oxygen atoms in total. The fraction of sp³-hybridized carbons (Fsp3) is 0.300. The summed E-state index contributed by atoms with van der Waals surface area (Å²) in [6, 6.07) is 1.71. The number of methoxy groups -OCH3 is 1. The summed E-state index contributed by atoms with van der Waals surface area (Å²) in [7, 11) is 1.45. The third-order valence-electron chi connectivity index (χ3n) is 2.18. The molecule has 14 heavy (non-hydrogen) atoms. The molecule has 0 radical (unpaired) electrons. The van der Waals surface area contributed by atoms with E-state index in [1.807, 2.05) is 0 Å². The summed E-state index contributed by atoms with van der Waals surface area (Å²) in [5.74, 6) is -0.640. The van der Waals surface area contributed by atoms with Crippen molar-refractivity contribution in [2.24, 2.45) is 0 Å². The number of aryl methyl sites for hydroxylation is 1. The number of carboxylic acids is 1. The predicted molar refractivity (Wildman–Crippen MR) is 53.8 cm³/mol. The van der Waals surface area contributed by atoms with Crippen LogP contribution in [0.3, 0.4) is 0 Å². The molecule has 0 aliphatic heterocycles. The quantitative estimate of drug-likeness (QED) is 0.703. The first-order valence-corrected chi connectivity index (χ1v) is 4.16. The van der Waals surface area contributed by atoms with Crippen LogP contribution in [0.2, 0.25) is 0 Å².